The molecule has 0 fully saturated rings. The number of rotatable bonds is 5. The Morgan fingerprint density at radius 3 is 2.66 bits per heavy atom. The fourth-order valence-electron chi connectivity index (χ4n) is 3.88. The van der Waals surface area contributed by atoms with Crippen LogP contribution in [0.4, 0.5) is 0 Å². The molecule has 35 heavy (non-hydrogen) atoms. The molecule has 0 aliphatic rings. The van der Waals surface area contributed by atoms with Gasteiger partial charge in [-0.1, -0.05) is 22.8 Å². The second-order valence-corrected chi connectivity index (χ2v) is 8.40. The molecule has 0 spiro atoms. The first-order valence-electron chi connectivity index (χ1n) is 10.7. The highest BCUT2D eigenvalue weighted by Gasteiger charge is 2.22. The molecule has 176 valence electrons. The number of benzene rings is 1. The summed E-state index contributed by atoms with van der Waals surface area (Å²) < 4.78 is 17.1. The van der Waals surface area contributed by atoms with Gasteiger partial charge in [0.25, 0.3) is 0 Å². The Balaban J connectivity index is 1.65. The molecule has 0 aliphatic heterocycles. The number of aromatic amines is 1. The van der Waals surface area contributed by atoms with Gasteiger partial charge in [0.2, 0.25) is 5.82 Å². The van der Waals surface area contributed by atoms with Crippen molar-refractivity contribution in [3.63, 3.8) is 0 Å². The summed E-state index contributed by atoms with van der Waals surface area (Å²) in [7, 11) is 0. The zero-order valence-corrected chi connectivity index (χ0v) is 19.7. The molecule has 1 atom stereocenters. The molecule has 0 amide bonds. The summed E-state index contributed by atoms with van der Waals surface area (Å²) in [4.78, 5) is 35.8. The molecule has 0 unspecified atom stereocenters. The number of pyridine rings is 2. The number of fused-ring (bicyclic) bond motifs is 1. The highest BCUT2D eigenvalue weighted by molar-refractivity contribution is 6.29. The summed E-state index contributed by atoms with van der Waals surface area (Å²) in [5.41, 5.74) is 3.03. The van der Waals surface area contributed by atoms with Crippen molar-refractivity contribution in [3.05, 3.63) is 91.3 Å². The van der Waals surface area contributed by atoms with Crippen molar-refractivity contribution >= 4 is 22.6 Å². The van der Waals surface area contributed by atoms with Gasteiger partial charge >= 0.3 is 5.76 Å². The minimum Gasteiger partial charge on any atom is -0.483 e. The lowest BCUT2D eigenvalue weighted by Crippen LogP contribution is -2.12. The zero-order valence-electron chi connectivity index (χ0n) is 19.0. The molecule has 1 aromatic carbocycles. The summed E-state index contributed by atoms with van der Waals surface area (Å²) in [6.45, 7) is 5.44. The van der Waals surface area contributed by atoms with Crippen molar-refractivity contribution in [3.8, 4) is 28.7 Å². The molecular formula is C25H19ClN4O5. The molecule has 0 radical (unpaired) electrons. The van der Waals surface area contributed by atoms with Crippen LogP contribution in [0, 0.1) is 13.8 Å². The van der Waals surface area contributed by atoms with E-state index in [2.05, 4.69) is 24.6 Å². The van der Waals surface area contributed by atoms with E-state index in [0.29, 0.717) is 39.3 Å². The third kappa shape index (κ3) is 4.22. The smallest absolute Gasteiger partial charge is 0.439 e. The highest BCUT2D eigenvalue weighted by atomic mass is 35.5. The van der Waals surface area contributed by atoms with Gasteiger partial charge in [0, 0.05) is 17.3 Å². The Kier molecular flexibility index (Phi) is 5.70. The number of nitrogens with one attached hydrogen (secondary N) is 1. The standard InChI is InChI=1S/C25H19ClN4O5/c1-12-10-15(14(3)33-18-7-8-19(26)28-20(18)24-29-25(32)35-30-24)23-16(11-12)21(31)13(2)22(34-23)17-6-4-5-9-27-17/h4-11,14H,1-3H3,(H,29,30,32)/t14-/m1/s1. The molecule has 0 saturated heterocycles. The van der Waals surface area contributed by atoms with E-state index < -0.39 is 11.9 Å². The molecule has 4 heterocycles. The third-order valence-electron chi connectivity index (χ3n) is 5.52. The minimum atomic E-state index is -0.732. The van der Waals surface area contributed by atoms with Crippen molar-refractivity contribution in [2.24, 2.45) is 0 Å². The van der Waals surface area contributed by atoms with E-state index in [1.807, 2.05) is 26.0 Å². The van der Waals surface area contributed by atoms with Crippen molar-refractivity contribution in [2.45, 2.75) is 26.9 Å². The minimum absolute atomic E-state index is 0.0772. The quantitative estimate of drug-likeness (QED) is 0.341. The fraction of sp³-hybridized carbons (Fsp3) is 0.160. The van der Waals surface area contributed by atoms with Crippen LogP contribution in [-0.4, -0.2) is 20.1 Å². The van der Waals surface area contributed by atoms with Crippen molar-refractivity contribution in [2.75, 3.05) is 0 Å². The lowest BCUT2D eigenvalue weighted by Gasteiger charge is -2.19. The lowest BCUT2D eigenvalue weighted by molar-refractivity contribution is 0.227. The highest BCUT2D eigenvalue weighted by Crippen LogP contribution is 2.35. The molecule has 9 nitrogen and oxygen atoms in total. The van der Waals surface area contributed by atoms with Crippen LogP contribution >= 0.6 is 11.6 Å². The van der Waals surface area contributed by atoms with Crippen LogP contribution < -0.4 is 15.9 Å². The number of H-pyrrole nitrogens is 1. The van der Waals surface area contributed by atoms with E-state index in [-0.39, 0.29) is 22.1 Å². The molecule has 0 saturated carbocycles. The normalized spacial score (nSPS) is 12.1. The number of halogens is 1. The van der Waals surface area contributed by atoms with Gasteiger partial charge < -0.3 is 9.15 Å². The average Bonchev–Trinajstić information content (AvgIpc) is 3.29. The zero-order chi connectivity index (χ0) is 24.7. The topological polar surface area (TPSA) is 124 Å². The summed E-state index contributed by atoms with van der Waals surface area (Å²) >= 11 is 6.06. The van der Waals surface area contributed by atoms with Gasteiger partial charge in [-0.2, -0.15) is 0 Å². The number of hydrogen-bond donors (Lipinski definition) is 1. The van der Waals surface area contributed by atoms with Crippen molar-refractivity contribution < 1.29 is 13.7 Å². The number of hydrogen-bond acceptors (Lipinski definition) is 8. The van der Waals surface area contributed by atoms with Gasteiger partial charge in [0.15, 0.2) is 16.9 Å². The Bertz CT molecular complexity index is 1670. The van der Waals surface area contributed by atoms with Gasteiger partial charge in [-0.05, 0) is 62.7 Å². The Labute approximate surface area is 203 Å². The van der Waals surface area contributed by atoms with Crippen molar-refractivity contribution in [1.29, 1.82) is 0 Å². The van der Waals surface area contributed by atoms with E-state index in [9.17, 15) is 9.59 Å². The van der Waals surface area contributed by atoms with Crippen LogP contribution in [0.1, 0.15) is 29.7 Å². The third-order valence-corrected chi connectivity index (χ3v) is 5.73. The Morgan fingerprint density at radius 1 is 1.11 bits per heavy atom. The maximum atomic E-state index is 13.3. The van der Waals surface area contributed by atoms with Crippen LogP contribution in [0.25, 0.3) is 33.9 Å². The van der Waals surface area contributed by atoms with Gasteiger partial charge in [0.05, 0.1) is 5.39 Å². The predicted octanol–water partition coefficient (Wildman–Crippen LogP) is 5.00. The lowest BCUT2D eigenvalue weighted by atomic mass is 10.0. The number of ether oxygens (including phenoxy) is 1. The van der Waals surface area contributed by atoms with E-state index in [1.165, 1.54) is 0 Å². The monoisotopic (exact) mass is 490 g/mol. The maximum Gasteiger partial charge on any atom is 0.439 e. The van der Waals surface area contributed by atoms with Crippen LogP contribution in [0.3, 0.4) is 0 Å². The second kappa shape index (κ2) is 8.84. The predicted molar refractivity (Wildman–Crippen MR) is 130 cm³/mol. The first-order chi connectivity index (χ1) is 16.8. The maximum absolute atomic E-state index is 13.3. The van der Waals surface area contributed by atoms with Crippen molar-refractivity contribution in [1.82, 2.24) is 20.1 Å². The molecule has 4 aromatic heterocycles. The van der Waals surface area contributed by atoms with Crippen LogP contribution in [0.2, 0.25) is 5.15 Å². The fourth-order valence-corrected chi connectivity index (χ4v) is 4.03. The van der Waals surface area contributed by atoms with Gasteiger partial charge in [-0.3, -0.25) is 19.3 Å². The summed E-state index contributed by atoms with van der Waals surface area (Å²) in [5, 5.41) is 4.32. The van der Waals surface area contributed by atoms with Gasteiger partial charge in [-0.25, -0.2) is 9.78 Å². The largest absolute Gasteiger partial charge is 0.483 e. The summed E-state index contributed by atoms with van der Waals surface area (Å²) in [6, 6.07) is 12.3. The van der Waals surface area contributed by atoms with Crippen LogP contribution in [0.15, 0.2) is 67.2 Å². The first kappa shape index (κ1) is 22.5. The molecule has 5 rings (SSSR count). The van der Waals surface area contributed by atoms with Crippen LogP contribution in [-0.2, 0) is 0 Å². The first-order valence-corrected chi connectivity index (χ1v) is 11.1. The molecule has 1 N–H and O–H groups in total. The molecule has 5 aromatic rings. The van der Waals surface area contributed by atoms with E-state index >= 15 is 0 Å². The SMILES string of the molecule is Cc1cc([C@@H](C)Oc2ccc(Cl)nc2-c2noc(=O)[nH]2)c2oc(-c3ccccn3)c(C)c(=O)c2c1. The molecule has 0 aliphatic carbocycles. The van der Waals surface area contributed by atoms with Gasteiger partial charge in [-0.15, -0.1) is 0 Å². The van der Waals surface area contributed by atoms with Crippen LogP contribution in [0.5, 0.6) is 5.75 Å². The van der Waals surface area contributed by atoms with Gasteiger partial charge in [0.1, 0.15) is 28.3 Å². The molecule has 10 heteroatoms. The van der Waals surface area contributed by atoms with E-state index in [1.54, 1.807) is 43.5 Å². The summed E-state index contributed by atoms with van der Waals surface area (Å²) in [5.74, 6) is 0.0491. The Morgan fingerprint density at radius 2 is 1.94 bits per heavy atom. The average molecular weight is 491 g/mol. The van der Waals surface area contributed by atoms with E-state index in [4.69, 9.17) is 20.8 Å². The van der Waals surface area contributed by atoms with E-state index in [0.717, 1.165) is 5.56 Å². The second-order valence-electron chi connectivity index (χ2n) is 8.02. The Hall–Kier alpha value is -4.24. The number of aryl methyl sites for hydroxylation is 1. The summed E-state index contributed by atoms with van der Waals surface area (Å²) in [6.07, 6.45) is 1.06. The number of aromatic nitrogens is 4. The molecule has 0 bridgehead atoms. The number of nitrogens with zero attached hydrogens (tertiary/aromatic N) is 3. The molecular weight excluding hydrogens is 472 g/mol.